The molecule has 0 N–H and O–H groups in total. The van der Waals surface area contributed by atoms with Crippen LogP contribution in [0.4, 0.5) is 0 Å². The number of hydrogen-bond acceptors (Lipinski definition) is 5. The summed E-state index contributed by atoms with van der Waals surface area (Å²) in [6.07, 6.45) is 0.760. The molecular weight excluding hydrogens is 278 g/mol. The first-order chi connectivity index (χ1) is 9.67. The van der Waals surface area contributed by atoms with Crippen molar-refractivity contribution in [3.63, 3.8) is 0 Å². The van der Waals surface area contributed by atoms with Crippen LogP contribution in [-0.4, -0.2) is 35.3 Å². The fourth-order valence-electron chi connectivity index (χ4n) is 1.66. The van der Waals surface area contributed by atoms with E-state index in [1.807, 2.05) is 38.2 Å². The normalized spacial score (nSPS) is 11.0. The number of rotatable bonds is 7. The average molecular weight is 296 g/mol. The van der Waals surface area contributed by atoms with Crippen LogP contribution in [0.2, 0.25) is 5.02 Å². The summed E-state index contributed by atoms with van der Waals surface area (Å²) in [6, 6.07) is 7.33. The highest BCUT2D eigenvalue weighted by atomic mass is 35.5. The van der Waals surface area contributed by atoms with Crippen molar-refractivity contribution >= 4 is 11.6 Å². The zero-order valence-electron chi connectivity index (χ0n) is 11.7. The van der Waals surface area contributed by atoms with Gasteiger partial charge in [0.2, 0.25) is 11.8 Å². The summed E-state index contributed by atoms with van der Waals surface area (Å²) in [5, 5.41) is 8.63. The molecule has 2 aromatic rings. The third-order valence-corrected chi connectivity index (χ3v) is 3.02. The average Bonchev–Trinajstić information content (AvgIpc) is 2.88. The molecule has 0 fully saturated rings. The number of ether oxygens (including phenoxy) is 1. The summed E-state index contributed by atoms with van der Waals surface area (Å²) in [5.41, 5.74) is 0. The quantitative estimate of drug-likeness (QED) is 0.786. The van der Waals surface area contributed by atoms with E-state index in [9.17, 15) is 0 Å². The smallest absolute Gasteiger partial charge is 0.230 e. The Morgan fingerprint density at radius 1 is 1.20 bits per heavy atom. The number of likely N-dealkylation sites (N-methyl/N-ethyl adjacent to an activating group) is 1. The van der Waals surface area contributed by atoms with Gasteiger partial charge in [-0.3, -0.25) is 4.90 Å². The van der Waals surface area contributed by atoms with Crippen LogP contribution < -0.4 is 4.74 Å². The van der Waals surface area contributed by atoms with Crippen molar-refractivity contribution in [2.24, 2.45) is 0 Å². The number of hydrogen-bond donors (Lipinski definition) is 0. The maximum atomic E-state index is 5.81. The van der Waals surface area contributed by atoms with Gasteiger partial charge in [0.15, 0.2) is 0 Å². The van der Waals surface area contributed by atoms with Crippen LogP contribution in [-0.2, 0) is 13.0 Å². The van der Waals surface area contributed by atoms with E-state index < -0.39 is 0 Å². The molecule has 20 heavy (non-hydrogen) atoms. The monoisotopic (exact) mass is 295 g/mol. The largest absolute Gasteiger partial charge is 0.492 e. The summed E-state index contributed by atoms with van der Waals surface area (Å²) >= 11 is 5.81. The standard InChI is InChI=1S/C14H18ClN3O2/c1-3-13-16-17-14(20-13)10-18(2)8-9-19-12-6-4-11(15)5-7-12/h4-7H,3,8-10H2,1-2H3. The Kier molecular flexibility index (Phi) is 5.38. The van der Waals surface area contributed by atoms with Gasteiger partial charge < -0.3 is 9.15 Å². The fourth-order valence-corrected chi connectivity index (χ4v) is 1.78. The first kappa shape index (κ1) is 14.8. The van der Waals surface area contributed by atoms with Gasteiger partial charge in [0.1, 0.15) is 12.4 Å². The Morgan fingerprint density at radius 2 is 1.90 bits per heavy atom. The van der Waals surface area contributed by atoms with E-state index in [2.05, 4.69) is 15.1 Å². The number of benzene rings is 1. The molecule has 0 radical (unpaired) electrons. The van der Waals surface area contributed by atoms with Crippen molar-refractivity contribution in [2.45, 2.75) is 19.9 Å². The van der Waals surface area contributed by atoms with Crippen LogP contribution in [0.25, 0.3) is 0 Å². The molecule has 1 heterocycles. The van der Waals surface area contributed by atoms with Gasteiger partial charge in [-0.15, -0.1) is 10.2 Å². The lowest BCUT2D eigenvalue weighted by molar-refractivity contribution is 0.218. The SMILES string of the molecule is CCc1nnc(CN(C)CCOc2ccc(Cl)cc2)o1. The first-order valence-corrected chi connectivity index (χ1v) is 6.93. The molecule has 0 saturated carbocycles. The number of aryl methyl sites for hydroxylation is 1. The van der Waals surface area contributed by atoms with Crippen molar-refractivity contribution < 1.29 is 9.15 Å². The van der Waals surface area contributed by atoms with Crippen LogP contribution in [0, 0.1) is 0 Å². The summed E-state index contributed by atoms with van der Waals surface area (Å²) in [5.74, 6) is 2.12. The Morgan fingerprint density at radius 3 is 2.55 bits per heavy atom. The van der Waals surface area contributed by atoms with Gasteiger partial charge in [-0.05, 0) is 31.3 Å². The second-order valence-electron chi connectivity index (χ2n) is 4.48. The zero-order valence-corrected chi connectivity index (χ0v) is 12.4. The lowest BCUT2D eigenvalue weighted by atomic mass is 10.3. The molecule has 0 aliphatic heterocycles. The van der Waals surface area contributed by atoms with Crippen molar-refractivity contribution in [3.05, 3.63) is 41.1 Å². The highest BCUT2D eigenvalue weighted by Gasteiger charge is 2.07. The zero-order chi connectivity index (χ0) is 14.4. The van der Waals surface area contributed by atoms with Crippen LogP contribution in [0.15, 0.2) is 28.7 Å². The van der Waals surface area contributed by atoms with Crippen molar-refractivity contribution in [2.75, 3.05) is 20.2 Å². The molecule has 0 unspecified atom stereocenters. The Hall–Kier alpha value is -1.59. The predicted octanol–water partition coefficient (Wildman–Crippen LogP) is 2.80. The fraction of sp³-hybridized carbons (Fsp3) is 0.429. The second kappa shape index (κ2) is 7.26. The summed E-state index contributed by atoms with van der Waals surface area (Å²) in [7, 11) is 1.99. The van der Waals surface area contributed by atoms with Gasteiger partial charge in [0, 0.05) is 18.0 Å². The highest BCUT2D eigenvalue weighted by molar-refractivity contribution is 6.30. The van der Waals surface area contributed by atoms with Crippen LogP contribution in [0.5, 0.6) is 5.75 Å². The lowest BCUT2D eigenvalue weighted by Gasteiger charge is -2.14. The van der Waals surface area contributed by atoms with Crippen molar-refractivity contribution in [3.8, 4) is 5.75 Å². The Labute approximate surface area is 123 Å². The van der Waals surface area contributed by atoms with E-state index >= 15 is 0 Å². The third-order valence-electron chi connectivity index (χ3n) is 2.77. The summed E-state index contributed by atoms with van der Waals surface area (Å²) in [6.45, 7) is 3.97. The second-order valence-corrected chi connectivity index (χ2v) is 4.92. The molecule has 0 amide bonds. The highest BCUT2D eigenvalue weighted by Crippen LogP contribution is 2.15. The minimum absolute atomic E-state index is 0.590. The number of nitrogens with zero attached hydrogens (tertiary/aromatic N) is 3. The van der Waals surface area contributed by atoms with E-state index in [1.165, 1.54) is 0 Å². The van der Waals surface area contributed by atoms with Gasteiger partial charge in [-0.2, -0.15) is 0 Å². The van der Waals surface area contributed by atoms with Crippen molar-refractivity contribution in [1.29, 1.82) is 0 Å². The molecule has 2 rings (SSSR count). The van der Waals surface area contributed by atoms with Gasteiger partial charge >= 0.3 is 0 Å². The number of halogens is 1. The van der Waals surface area contributed by atoms with E-state index in [-0.39, 0.29) is 0 Å². The van der Waals surface area contributed by atoms with Crippen LogP contribution in [0.3, 0.4) is 0 Å². The van der Waals surface area contributed by atoms with Gasteiger partial charge in [-0.1, -0.05) is 18.5 Å². The molecule has 6 heteroatoms. The van der Waals surface area contributed by atoms with Crippen LogP contribution >= 0.6 is 11.6 Å². The molecule has 5 nitrogen and oxygen atoms in total. The van der Waals surface area contributed by atoms with Crippen LogP contribution in [0.1, 0.15) is 18.7 Å². The number of aromatic nitrogens is 2. The maximum absolute atomic E-state index is 5.81. The molecule has 1 aromatic heterocycles. The minimum atomic E-state index is 0.590. The molecule has 0 saturated heterocycles. The topological polar surface area (TPSA) is 51.4 Å². The maximum Gasteiger partial charge on any atom is 0.230 e. The van der Waals surface area contributed by atoms with Gasteiger partial charge in [0.25, 0.3) is 0 Å². The lowest BCUT2D eigenvalue weighted by Crippen LogP contribution is -2.24. The van der Waals surface area contributed by atoms with E-state index in [0.717, 1.165) is 18.7 Å². The molecule has 0 aliphatic rings. The van der Waals surface area contributed by atoms with E-state index in [4.69, 9.17) is 20.8 Å². The van der Waals surface area contributed by atoms with Crippen molar-refractivity contribution in [1.82, 2.24) is 15.1 Å². The molecular formula is C14H18ClN3O2. The molecule has 0 bridgehead atoms. The molecule has 108 valence electrons. The predicted molar refractivity (Wildman–Crippen MR) is 77.0 cm³/mol. The molecule has 0 atom stereocenters. The van der Waals surface area contributed by atoms with Gasteiger partial charge in [0.05, 0.1) is 6.54 Å². The Bertz CT molecular complexity index is 527. The van der Waals surface area contributed by atoms with Gasteiger partial charge in [-0.25, -0.2) is 0 Å². The van der Waals surface area contributed by atoms with E-state index in [1.54, 1.807) is 0 Å². The Balaban J connectivity index is 1.72. The molecule has 0 spiro atoms. The third kappa shape index (κ3) is 4.51. The minimum Gasteiger partial charge on any atom is -0.492 e. The van der Waals surface area contributed by atoms with E-state index in [0.29, 0.717) is 30.0 Å². The summed E-state index contributed by atoms with van der Waals surface area (Å²) < 4.78 is 11.1. The molecule has 1 aromatic carbocycles. The summed E-state index contributed by atoms with van der Waals surface area (Å²) in [4.78, 5) is 2.07. The first-order valence-electron chi connectivity index (χ1n) is 6.55. The molecule has 0 aliphatic carbocycles.